The second-order valence-corrected chi connectivity index (χ2v) is 5.27. The second kappa shape index (κ2) is 5.81. The van der Waals surface area contributed by atoms with Gasteiger partial charge in [0, 0.05) is 5.57 Å². The summed E-state index contributed by atoms with van der Waals surface area (Å²) in [6.07, 6.45) is 0. The summed E-state index contributed by atoms with van der Waals surface area (Å²) in [5.74, 6) is 0.0186. The Kier molecular flexibility index (Phi) is 3.81. The molecular formula is C18H16O6. The summed E-state index contributed by atoms with van der Waals surface area (Å²) < 4.78 is 16.0. The van der Waals surface area contributed by atoms with Gasteiger partial charge in [0.2, 0.25) is 11.5 Å². The normalized spacial score (nSPS) is 14.9. The molecule has 0 atom stereocenters. The predicted molar refractivity (Wildman–Crippen MR) is 86.9 cm³/mol. The van der Waals surface area contributed by atoms with Crippen molar-refractivity contribution in [3.05, 3.63) is 47.2 Å². The van der Waals surface area contributed by atoms with Crippen LogP contribution in [0.1, 0.15) is 22.8 Å². The molecule has 0 amide bonds. The minimum Gasteiger partial charge on any atom is -0.504 e. The molecule has 6 heteroatoms. The highest BCUT2D eigenvalue weighted by Crippen LogP contribution is 2.45. The van der Waals surface area contributed by atoms with Gasteiger partial charge in [-0.15, -0.1) is 0 Å². The first-order chi connectivity index (χ1) is 11.5. The van der Waals surface area contributed by atoms with Crippen LogP contribution in [0.2, 0.25) is 0 Å². The molecule has 1 aliphatic rings. The van der Waals surface area contributed by atoms with Gasteiger partial charge in [0.25, 0.3) is 0 Å². The van der Waals surface area contributed by atoms with Gasteiger partial charge in [-0.1, -0.05) is 6.07 Å². The molecule has 124 valence electrons. The number of aromatic hydroxyl groups is 2. The van der Waals surface area contributed by atoms with Crippen LogP contribution in [-0.2, 0) is 0 Å². The van der Waals surface area contributed by atoms with Crippen LogP contribution in [0.25, 0.3) is 5.57 Å². The van der Waals surface area contributed by atoms with Crippen LogP contribution in [-0.4, -0.2) is 30.2 Å². The quantitative estimate of drug-likeness (QED) is 0.665. The van der Waals surface area contributed by atoms with Gasteiger partial charge in [0.1, 0.15) is 0 Å². The molecule has 0 bridgehead atoms. The maximum Gasteiger partial charge on any atom is 0.232 e. The van der Waals surface area contributed by atoms with E-state index < -0.39 is 5.75 Å². The van der Waals surface area contributed by atoms with E-state index in [1.807, 2.05) is 0 Å². The number of benzene rings is 2. The van der Waals surface area contributed by atoms with Crippen molar-refractivity contribution in [2.45, 2.75) is 6.92 Å². The second-order valence-electron chi connectivity index (χ2n) is 5.27. The molecule has 0 fully saturated rings. The summed E-state index contributed by atoms with van der Waals surface area (Å²) in [5.41, 5.74) is 1.50. The number of carbonyl (C=O) groups is 1. The number of fused-ring (bicyclic) bond motifs is 1. The molecule has 2 N–H and O–H groups in total. The summed E-state index contributed by atoms with van der Waals surface area (Å²) in [7, 11) is 3.07. The number of phenols is 2. The first-order valence-corrected chi connectivity index (χ1v) is 7.18. The Hall–Kier alpha value is -3.15. The third kappa shape index (κ3) is 2.32. The van der Waals surface area contributed by atoms with Crippen LogP contribution in [0.4, 0.5) is 0 Å². The van der Waals surface area contributed by atoms with Gasteiger partial charge in [0.15, 0.2) is 28.8 Å². The van der Waals surface area contributed by atoms with Crippen LogP contribution in [0.3, 0.4) is 0 Å². The zero-order valence-corrected chi connectivity index (χ0v) is 13.4. The molecule has 1 aliphatic heterocycles. The first-order valence-electron chi connectivity index (χ1n) is 7.18. The molecular weight excluding hydrogens is 312 g/mol. The van der Waals surface area contributed by atoms with Crippen LogP contribution < -0.4 is 14.2 Å². The average Bonchev–Trinajstić information content (AvgIpc) is 2.94. The average molecular weight is 328 g/mol. The van der Waals surface area contributed by atoms with Gasteiger partial charge in [-0.25, -0.2) is 0 Å². The molecule has 6 nitrogen and oxygen atoms in total. The van der Waals surface area contributed by atoms with E-state index in [-0.39, 0.29) is 28.6 Å². The third-order valence-electron chi connectivity index (χ3n) is 3.92. The molecule has 0 aromatic heterocycles. The number of allylic oxidation sites excluding steroid dienone is 2. The Morgan fingerprint density at radius 3 is 2.42 bits per heavy atom. The molecule has 2 aromatic rings. The number of hydrogen-bond acceptors (Lipinski definition) is 6. The lowest BCUT2D eigenvalue weighted by atomic mass is 10.0. The lowest BCUT2D eigenvalue weighted by Crippen LogP contribution is -2.02. The van der Waals surface area contributed by atoms with E-state index in [0.29, 0.717) is 22.6 Å². The fourth-order valence-corrected chi connectivity index (χ4v) is 2.56. The fraction of sp³-hybridized carbons (Fsp3) is 0.167. The molecule has 1 heterocycles. The number of phenolic OH excluding ortho intramolecular Hbond substituents is 2. The van der Waals surface area contributed by atoms with Gasteiger partial charge in [-0.05, 0) is 36.8 Å². The largest absolute Gasteiger partial charge is 0.504 e. The number of carbonyl (C=O) groups excluding carboxylic acids is 1. The topological polar surface area (TPSA) is 85.2 Å². The summed E-state index contributed by atoms with van der Waals surface area (Å²) >= 11 is 0. The maximum absolute atomic E-state index is 12.5. The van der Waals surface area contributed by atoms with Crippen molar-refractivity contribution < 1.29 is 29.2 Å². The Bertz CT molecular complexity index is 866. The molecule has 0 aliphatic carbocycles. The number of ether oxygens (including phenoxy) is 3. The highest BCUT2D eigenvalue weighted by Gasteiger charge is 2.33. The van der Waals surface area contributed by atoms with Crippen molar-refractivity contribution in [3.8, 4) is 28.7 Å². The van der Waals surface area contributed by atoms with Gasteiger partial charge in [-0.2, -0.15) is 0 Å². The molecule has 0 spiro atoms. The van der Waals surface area contributed by atoms with Gasteiger partial charge < -0.3 is 24.4 Å². The van der Waals surface area contributed by atoms with E-state index in [4.69, 9.17) is 14.2 Å². The monoisotopic (exact) mass is 328 g/mol. The van der Waals surface area contributed by atoms with Crippen molar-refractivity contribution in [1.29, 1.82) is 0 Å². The predicted octanol–water partition coefficient (Wildman–Crippen LogP) is 3.12. The van der Waals surface area contributed by atoms with E-state index >= 15 is 0 Å². The van der Waals surface area contributed by atoms with Gasteiger partial charge in [-0.3, -0.25) is 4.79 Å². The molecule has 3 rings (SSSR count). The Morgan fingerprint density at radius 2 is 1.75 bits per heavy atom. The molecule has 2 aromatic carbocycles. The third-order valence-corrected chi connectivity index (χ3v) is 3.92. The highest BCUT2D eigenvalue weighted by atomic mass is 16.5. The highest BCUT2D eigenvalue weighted by molar-refractivity contribution is 6.16. The standard InChI is InChI=1S/C18H16O6/c1-9(10-4-7-13(22-2)14(8-10)23-3)17-15(20)11-5-6-12(19)16(21)18(11)24-17/h4-8,19,21H,1-3H3/b17-9+. The number of methoxy groups -OCH3 is 2. The fourth-order valence-electron chi connectivity index (χ4n) is 2.56. The molecule has 0 unspecified atom stereocenters. The Morgan fingerprint density at radius 1 is 1.04 bits per heavy atom. The van der Waals surface area contributed by atoms with Crippen molar-refractivity contribution in [3.63, 3.8) is 0 Å². The van der Waals surface area contributed by atoms with Crippen molar-refractivity contribution in [2.24, 2.45) is 0 Å². The van der Waals surface area contributed by atoms with Crippen LogP contribution in [0.15, 0.2) is 36.1 Å². The Balaban J connectivity index is 2.08. The van der Waals surface area contributed by atoms with Crippen molar-refractivity contribution >= 4 is 11.4 Å². The summed E-state index contributed by atoms with van der Waals surface area (Å²) in [6.45, 7) is 1.73. The molecule has 0 saturated heterocycles. The van der Waals surface area contributed by atoms with Crippen molar-refractivity contribution in [1.82, 2.24) is 0 Å². The van der Waals surface area contributed by atoms with E-state index in [1.165, 1.54) is 19.2 Å². The molecule has 0 radical (unpaired) electrons. The minimum absolute atomic E-state index is 0.0326. The van der Waals surface area contributed by atoms with Crippen LogP contribution >= 0.6 is 0 Å². The van der Waals surface area contributed by atoms with E-state index in [9.17, 15) is 15.0 Å². The minimum atomic E-state index is -0.448. The lowest BCUT2D eigenvalue weighted by molar-refractivity contribution is 0.101. The van der Waals surface area contributed by atoms with Crippen molar-refractivity contribution in [2.75, 3.05) is 14.2 Å². The number of Topliss-reactive ketones (excluding diaryl/α,β-unsaturated/α-hetero) is 1. The van der Waals surface area contributed by atoms with E-state index in [2.05, 4.69) is 0 Å². The zero-order valence-electron chi connectivity index (χ0n) is 13.4. The summed E-state index contributed by atoms with van der Waals surface area (Å²) in [4.78, 5) is 12.5. The van der Waals surface area contributed by atoms with Gasteiger partial charge in [0.05, 0.1) is 19.8 Å². The SMILES string of the molecule is COc1ccc(/C(C)=C2/Oc3c(ccc(O)c3O)C2=O)cc1OC. The summed E-state index contributed by atoms with van der Waals surface area (Å²) in [5, 5.41) is 19.4. The molecule has 0 saturated carbocycles. The zero-order chi connectivity index (χ0) is 17.4. The number of rotatable bonds is 3. The van der Waals surface area contributed by atoms with Gasteiger partial charge >= 0.3 is 0 Å². The Labute approximate surface area is 138 Å². The number of hydrogen-bond donors (Lipinski definition) is 2. The van der Waals surface area contributed by atoms with Crippen LogP contribution in [0, 0.1) is 0 Å². The maximum atomic E-state index is 12.5. The number of ketones is 1. The van der Waals surface area contributed by atoms with Crippen LogP contribution in [0.5, 0.6) is 28.7 Å². The summed E-state index contributed by atoms with van der Waals surface area (Å²) in [6, 6.07) is 7.92. The van der Waals surface area contributed by atoms with E-state index in [0.717, 1.165) is 0 Å². The molecule has 24 heavy (non-hydrogen) atoms. The smallest absolute Gasteiger partial charge is 0.232 e. The first kappa shape index (κ1) is 15.7. The lowest BCUT2D eigenvalue weighted by Gasteiger charge is -2.11. The van der Waals surface area contributed by atoms with E-state index in [1.54, 1.807) is 32.2 Å².